The van der Waals surface area contributed by atoms with Crippen LogP contribution in [0.15, 0.2) is 48.5 Å². The van der Waals surface area contributed by atoms with E-state index in [-0.39, 0.29) is 5.91 Å². The van der Waals surface area contributed by atoms with Crippen LogP contribution >= 0.6 is 0 Å². The number of nitrogens with zero attached hydrogens (tertiary/aromatic N) is 2. The summed E-state index contributed by atoms with van der Waals surface area (Å²) in [7, 11) is 0. The van der Waals surface area contributed by atoms with Crippen LogP contribution in [0.5, 0.6) is 5.75 Å². The van der Waals surface area contributed by atoms with Crippen LogP contribution in [-0.4, -0.2) is 48.0 Å². The van der Waals surface area contributed by atoms with Crippen LogP contribution in [-0.2, 0) is 11.3 Å². The minimum Gasteiger partial charge on any atom is -0.480 e. The summed E-state index contributed by atoms with van der Waals surface area (Å²) in [6.07, 6.45) is 0.267. The molecule has 0 radical (unpaired) electrons. The van der Waals surface area contributed by atoms with Gasteiger partial charge in [0.25, 0.3) is 5.91 Å². The molecular weight excluding hydrogens is 336 g/mol. The molecule has 144 valence electrons. The second kappa shape index (κ2) is 9.05. The second-order valence-electron chi connectivity index (χ2n) is 7.37. The first-order valence-electron chi connectivity index (χ1n) is 9.85. The average molecular weight is 367 g/mol. The predicted octanol–water partition coefficient (Wildman–Crippen LogP) is 3.81. The Morgan fingerprint density at radius 1 is 1.04 bits per heavy atom. The number of aryl methyl sites for hydroxylation is 2. The molecule has 27 heavy (non-hydrogen) atoms. The Morgan fingerprint density at radius 2 is 1.74 bits per heavy atom. The molecule has 4 heteroatoms. The van der Waals surface area contributed by atoms with Crippen LogP contribution in [0.3, 0.4) is 0 Å². The molecule has 1 heterocycles. The molecule has 4 nitrogen and oxygen atoms in total. The molecular formula is C23H30N2O2. The van der Waals surface area contributed by atoms with Gasteiger partial charge in [-0.3, -0.25) is 9.69 Å². The maximum atomic E-state index is 13.0. The van der Waals surface area contributed by atoms with Gasteiger partial charge in [0.15, 0.2) is 6.10 Å². The Bertz CT molecular complexity index is 752. The van der Waals surface area contributed by atoms with Crippen molar-refractivity contribution in [2.45, 2.75) is 39.8 Å². The van der Waals surface area contributed by atoms with E-state index in [1.54, 1.807) is 0 Å². The van der Waals surface area contributed by atoms with Gasteiger partial charge in [-0.25, -0.2) is 0 Å². The molecule has 0 saturated carbocycles. The number of hydrogen-bond donors (Lipinski definition) is 0. The van der Waals surface area contributed by atoms with Gasteiger partial charge in [-0.15, -0.1) is 0 Å². The molecule has 1 saturated heterocycles. The zero-order valence-electron chi connectivity index (χ0n) is 16.6. The number of carbonyl (C=O) groups excluding carboxylic acids is 1. The van der Waals surface area contributed by atoms with E-state index in [0.717, 1.165) is 44.0 Å². The van der Waals surface area contributed by atoms with Gasteiger partial charge in [-0.05, 0) is 37.5 Å². The molecule has 1 aliphatic heterocycles. The molecule has 1 atom stereocenters. The Hall–Kier alpha value is -2.33. The third-order valence-corrected chi connectivity index (χ3v) is 5.18. The molecule has 3 rings (SSSR count). The number of rotatable bonds is 6. The van der Waals surface area contributed by atoms with E-state index in [1.807, 2.05) is 36.9 Å². The lowest BCUT2D eigenvalue weighted by atomic mass is 10.1. The molecule has 0 spiro atoms. The zero-order valence-corrected chi connectivity index (χ0v) is 16.6. The van der Waals surface area contributed by atoms with Gasteiger partial charge >= 0.3 is 0 Å². The van der Waals surface area contributed by atoms with E-state index in [2.05, 4.69) is 42.2 Å². The molecule has 0 aliphatic carbocycles. The number of hydrogen-bond acceptors (Lipinski definition) is 3. The number of ether oxygens (including phenoxy) is 1. The van der Waals surface area contributed by atoms with Gasteiger partial charge in [-0.2, -0.15) is 0 Å². The second-order valence-corrected chi connectivity index (χ2v) is 7.37. The Labute approximate surface area is 162 Å². The molecule has 1 amide bonds. The summed E-state index contributed by atoms with van der Waals surface area (Å²) < 4.78 is 6.08. The molecule has 1 aliphatic rings. The van der Waals surface area contributed by atoms with Crippen molar-refractivity contribution in [1.29, 1.82) is 0 Å². The van der Waals surface area contributed by atoms with Crippen molar-refractivity contribution < 1.29 is 9.53 Å². The lowest BCUT2D eigenvalue weighted by molar-refractivity contribution is -0.140. The first-order chi connectivity index (χ1) is 13.1. The molecule has 1 fully saturated rings. The van der Waals surface area contributed by atoms with Crippen LogP contribution in [0, 0.1) is 13.8 Å². The highest BCUT2D eigenvalue weighted by Gasteiger charge is 2.28. The number of benzene rings is 2. The number of amides is 1. The molecule has 0 unspecified atom stereocenters. The van der Waals surface area contributed by atoms with Gasteiger partial charge in [0.2, 0.25) is 0 Å². The Kier molecular flexibility index (Phi) is 6.51. The molecule has 0 bridgehead atoms. The highest BCUT2D eigenvalue weighted by molar-refractivity contribution is 5.81. The summed E-state index contributed by atoms with van der Waals surface area (Å²) >= 11 is 0. The van der Waals surface area contributed by atoms with Crippen molar-refractivity contribution in [3.05, 3.63) is 65.2 Å². The normalized spacial score (nSPS) is 16.2. The van der Waals surface area contributed by atoms with Crippen molar-refractivity contribution in [2.24, 2.45) is 0 Å². The third-order valence-electron chi connectivity index (χ3n) is 5.18. The largest absolute Gasteiger partial charge is 0.480 e. The fourth-order valence-electron chi connectivity index (χ4n) is 3.56. The van der Waals surface area contributed by atoms with Crippen LogP contribution in [0.25, 0.3) is 0 Å². The fraction of sp³-hybridized carbons (Fsp3) is 0.435. The molecule has 0 aromatic heterocycles. The SMILES string of the molecule is CC[C@H](Oc1ccc(C)cc1C)C(=O)N1CCN(Cc2ccccc2)CC1. The van der Waals surface area contributed by atoms with Crippen molar-refractivity contribution >= 4 is 5.91 Å². The predicted molar refractivity (Wildman–Crippen MR) is 109 cm³/mol. The highest BCUT2D eigenvalue weighted by atomic mass is 16.5. The summed E-state index contributed by atoms with van der Waals surface area (Å²) in [5, 5.41) is 0. The van der Waals surface area contributed by atoms with Crippen molar-refractivity contribution in [1.82, 2.24) is 9.80 Å². The summed E-state index contributed by atoms with van der Waals surface area (Å²) in [5.74, 6) is 0.917. The Morgan fingerprint density at radius 3 is 2.37 bits per heavy atom. The van der Waals surface area contributed by atoms with Crippen molar-refractivity contribution in [3.8, 4) is 5.75 Å². The van der Waals surface area contributed by atoms with E-state index in [1.165, 1.54) is 11.1 Å². The van der Waals surface area contributed by atoms with Crippen LogP contribution < -0.4 is 4.74 Å². The lowest BCUT2D eigenvalue weighted by Gasteiger charge is -2.36. The van der Waals surface area contributed by atoms with Gasteiger partial charge in [0.05, 0.1) is 0 Å². The lowest BCUT2D eigenvalue weighted by Crippen LogP contribution is -2.52. The van der Waals surface area contributed by atoms with Crippen LogP contribution in [0.4, 0.5) is 0 Å². The minimum absolute atomic E-state index is 0.108. The maximum Gasteiger partial charge on any atom is 0.263 e. The summed E-state index contributed by atoms with van der Waals surface area (Å²) in [6, 6.07) is 16.6. The van der Waals surface area contributed by atoms with Crippen molar-refractivity contribution in [3.63, 3.8) is 0 Å². The monoisotopic (exact) mass is 366 g/mol. The van der Waals surface area contributed by atoms with E-state index in [9.17, 15) is 4.79 Å². The topological polar surface area (TPSA) is 32.8 Å². The molecule has 2 aromatic carbocycles. The van der Waals surface area contributed by atoms with Gasteiger partial charge < -0.3 is 9.64 Å². The van der Waals surface area contributed by atoms with E-state index in [4.69, 9.17) is 4.74 Å². The standard InChI is InChI=1S/C23H30N2O2/c1-4-21(27-22-11-10-18(2)16-19(22)3)23(26)25-14-12-24(13-15-25)17-20-8-6-5-7-9-20/h5-11,16,21H,4,12-15,17H2,1-3H3/t21-/m0/s1. The van der Waals surface area contributed by atoms with Gasteiger partial charge in [-0.1, -0.05) is 55.0 Å². The molecule has 2 aromatic rings. The maximum absolute atomic E-state index is 13.0. The quantitative estimate of drug-likeness (QED) is 0.779. The number of piperazine rings is 1. The smallest absolute Gasteiger partial charge is 0.263 e. The van der Waals surface area contributed by atoms with Crippen LogP contribution in [0.1, 0.15) is 30.0 Å². The van der Waals surface area contributed by atoms with Crippen LogP contribution in [0.2, 0.25) is 0 Å². The number of carbonyl (C=O) groups is 1. The average Bonchev–Trinajstić information content (AvgIpc) is 2.68. The fourth-order valence-corrected chi connectivity index (χ4v) is 3.56. The summed E-state index contributed by atoms with van der Waals surface area (Å²) in [6.45, 7) is 10.4. The van der Waals surface area contributed by atoms with Gasteiger partial charge in [0, 0.05) is 32.7 Å². The highest BCUT2D eigenvalue weighted by Crippen LogP contribution is 2.22. The van der Waals surface area contributed by atoms with E-state index >= 15 is 0 Å². The summed E-state index contributed by atoms with van der Waals surface area (Å²) in [4.78, 5) is 17.3. The third kappa shape index (κ3) is 5.10. The minimum atomic E-state index is -0.410. The zero-order chi connectivity index (χ0) is 19.2. The van der Waals surface area contributed by atoms with Crippen molar-refractivity contribution in [2.75, 3.05) is 26.2 Å². The van der Waals surface area contributed by atoms with E-state index in [0.29, 0.717) is 6.42 Å². The summed E-state index contributed by atoms with van der Waals surface area (Å²) in [5.41, 5.74) is 3.60. The first-order valence-corrected chi connectivity index (χ1v) is 9.85. The first kappa shape index (κ1) is 19.4. The van der Waals surface area contributed by atoms with Gasteiger partial charge in [0.1, 0.15) is 5.75 Å². The molecule has 0 N–H and O–H groups in total. The Balaban J connectivity index is 1.55. The van der Waals surface area contributed by atoms with E-state index < -0.39 is 6.10 Å².